The second kappa shape index (κ2) is 5.32. The molecule has 1 aliphatic rings. The Labute approximate surface area is 85.6 Å². The molecule has 1 amide bonds. The average molecular weight is 199 g/mol. The maximum atomic E-state index is 10.9. The van der Waals surface area contributed by atoms with Crippen LogP contribution in [0, 0.1) is 0 Å². The Kier molecular flexibility index (Phi) is 4.35. The largest absolute Gasteiger partial charge is 0.370 e. The number of likely N-dealkylation sites (tertiary alicyclic amines) is 1. The number of hydrogen-bond donors (Lipinski definition) is 2. The minimum absolute atomic E-state index is 0.153. The number of amides is 1. The summed E-state index contributed by atoms with van der Waals surface area (Å²) in [6.07, 6.45) is 3.97. The SMILES string of the molecule is CCC1CCCN1C(CN)CC(N)=O. The van der Waals surface area contributed by atoms with Crippen molar-refractivity contribution in [2.24, 2.45) is 11.5 Å². The smallest absolute Gasteiger partial charge is 0.219 e. The van der Waals surface area contributed by atoms with Gasteiger partial charge >= 0.3 is 0 Å². The van der Waals surface area contributed by atoms with E-state index in [1.165, 1.54) is 12.8 Å². The van der Waals surface area contributed by atoms with Crippen molar-refractivity contribution in [3.63, 3.8) is 0 Å². The Balaban J connectivity index is 2.54. The number of hydrogen-bond acceptors (Lipinski definition) is 3. The molecular weight excluding hydrogens is 178 g/mol. The molecule has 1 saturated heterocycles. The summed E-state index contributed by atoms with van der Waals surface area (Å²) < 4.78 is 0. The minimum atomic E-state index is -0.248. The molecule has 1 heterocycles. The zero-order valence-corrected chi connectivity index (χ0v) is 8.91. The molecule has 1 rings (SSSR count). The number of primary amides is 1. The number of carbonyl (C=O) groups excluding carboxylic acids is 1. The highest BCUT2D eigenvalue weighted by Crippen LogP contribution is 2.23. The topological polar surface area (TPSA) is 72.3 Å². The van der Waals surface area contributed by atoms with Crippen molar-refractivity contribution in [3.8, 4) is 0 Å². The third-order valence-electron chi connectivity index (χ3n) is 3.07. The highest BCUT2D eigenvalue weighted by molar-refractivity contribution is 5.74. The van der Waals surface area contributed by atoms with Crippen LogP contribution in [0.15, 0.2) is 0 Å². The summed E-state index contributed by atoms with van der Waals surface area (Å²) in [6.45, 7) is 3.77. The van der Waals surface area contributed by atoms with E-state index in [1.54, 1.807) is 0 Å². The van der Waals surface area contributed by atoms with E-state index in [-0.39, 0.29) is 11.9 Å². The van der Waals surface area contributed by atoms with E-state index < -0.39 is 0 Å². The lowest BCUT2D eigenvalue weighted by atomic mass is 10.1. The second-order valence-corrected chi connectivity index (χ2v) is 4.00. The lowest BCUT2D eigenvalue weighted by Crippen LogP contribution is -2.45. The van der Waals surface area contributed by atoms with Gasteiger partial charge in [-0.3, -0.25) is 9.69 Å². The molecule has 0 saturated carbocycles. The molecule has 82 valence electrons. The number of nitrogens with two attached hydrogens (primary N) is 2. The van der Waals surface area contributed by atoms with Gasteiger partial charge in [-0.05, 0) is 25.8 Å². The van der Waals surface area contributed by atoms with Crippen molar-refractivity contribution in [1.82, 2.24) is 4.90 Å². The Morgan fingerprint density at radius 3 is 2.86 bits per heavy atom. The molecule has 1 aliphatic heterocycles. The maximum Gasteiger partial charge on any atom is 0.219 e. The fraction of sp³-hybridized carbons (Fsp3) is 0.900. The van der Waals surface area contributed by atoms with E-state index in [9.17, 15) is 4.79 Å². The molecule has 0 spiro atoms. The first kappa shape index (κ1) is 11.5. The molecule has 4 nitrogen and oxygen atoms in total. The monoisotopic (exact) mass is 199 g/mol. The van der Waals surface area contributed by atoms with Crippen molar-refractivity contribution < 1.29 is 4.79 Å². The molecule has 4 N–H and O–H groups in total. The van der Waals surface area contributed by atoms with Gasteiger partial charge in [-0.2, -0.15) is 0 Å². The van der Waals surface area contributed by atoms with Crippen molar-refractivity contribution in [2.75, 3.05) is 13.1 Å². The second-order valence-electron chi connectivity index (χ2n) is 4.00. The fourth-order valence-corrected chi connectivity index (χ4v) is 2.35. The minimum Gasteiger partial charge on any atom is -0.370 e. The van der Waals surface area contributed by atoms with Crippen LogP contribution in [0.3, 0.4) is 0 Å². The predicted octanol–water partition coefficient (Wildman–Crippen LogP) is 0.0635. The molecule has 1 fully saturated rings. The van der Waals surface area contributed by atoms with Crippen LogP contribution in [0.5, 0.6) is 0 Å². The summed E-state index contributed by atoms with van der Waals surface area (Å²) in [6, 6.07) is 0.753. The van der Waals surface area contributed by atoms with Crippen molar-refractivity contribution in [1.29, 1.82) is 0 Å². The van der Waals surface area contributed by atoms with Crippen LogP contribution < -0.4 is 11.5 Å². The zero-order valence-electron chi connectivity index (χ0n) is 8.91. The van der Waals surface area contributed by atoms with Crippen LogP contribution in [0.4, 0.5) is 0 Å². The molecule has 2 atom stereocenters. The number of nitrogens with zero attached hydrogens (tertiary/aromatic N) is 1. The van der Waals surface area contributed by atoms with Crippen LogP contribution in [-0.4, -0.2) is 36.0 Å². The number of rotatable bonds is 5. The van der Waals surface area contributed by atoms with Gasteiger partial charge in [0.25, 0.3) is 0 Å². The van der Waals surface area contributed by atoms with Gasteiger partial charge in [0.1, 0.15) is 0 Å². The van der Waals surface area contributed by atoms with Crippen LogP contribution in [0.2, 0.25) is 0 Å². The van der Waals surface area contributed by atoms with Crippen molar-refractivity contribution >= 4 is 5.91 Å². The quantitative estimate of drug-likeness (QED) is 0.658. The molecule has 0 radical (unpaired) electrons. The van der Waals surface area contributed by atoms with E-state index in [0.717, 1.165) is 13.0 Å². The van der Waals surface area contributed by atoms with E-state index in [4.69, 9.17) is 11.5 Å². The third-order valence-corrected chi connectivity index (χ3v) is 3.07. The first-order chi connectivity index (χ1) is 6.69. The van der Waals surface area contributed by atoms with Gasteiger partial charge in [0.05, 0.1) is 0 Å². The molecule has 4 heteroatoms. The van der Waals surface area contributed by atoms with E-state index in [0.29, 0.717) is 19.0 Å². The molecule has 0 bridgehead atoms. The standard InChI is InChI=1S/C10H21N3O/c1-2-8-4-3-5-13(8)9(7-11)6-10(12)14/h8-9H,2-7,11H2,1H3,(H2,12,14). The first-order valence-corrected chi connectivity index (χ1v) is 5.43. The summed E-state index contributed by atoms with van der Waals surface area (Å²) >= 11 is 0. The summed E-state index contributed by atoms with van der Waals surface area (Å²) in [4.78, 5) is 13.2. The van der Waals surface area contributed by atoms with Crippen molar-refractivity contribution in [2.45, 2.75) is 44.7 Å². The summed E-state index contributed by atoms with van der Waals surface area (Å²) in [7, 11) is 0. The normalized spacial score (nSPS) is 25.1. The molecule has 0 aromatic carbocycles. The van der Waals surface area contributed by atoms with Crippen molar-refractivity contribution in [3.05, 3.63) is 0 Å². The Bertz CT molecular complexity index is 196. The predicted molar refractivity (Wildman–Crippen MR) is 56.7 cm³/mol. The van der Waals surface area contributed by atoms with Gasteiger partial charge in [0.2, 0.25) is 5.91 Å². The summed E-state index contributed by atoms with van der Waals surface area (Å²) in [5.41, 5.74) is 10.9. The summed E-state index contributed by atoms with van der Waals surface area (Å²) in [5, 5.41) is 0. The van der Waals surface area contributed by atoms with Crippen LogP contribution >= 0.6 is 0 Å². The van der Waals surface area contributed by atoms with Crippen LogP contribution in [0.25, 0.3) is 0 Å². The van der Waals surface area contributed by atoms with Gasteiger partial charge in [-0.1, -0.05) is 6.92 Å². The average Bonchev–Trinajstić information content (AvgIpc) is 2.61. The molecule has 0 aromatic rings. The van der Waals surface area contributed by atoms with Gasteiger partial charge in [0.15, 0.2) is 0 Å². The van der Waals surface area contributed by atoms with Crippen LogP contribution in [0.1, 0.15) is 32.6 Å². The molecule has 0 aliphatic carbocycles. The Morgan fingerprint density at radius 2 is 2.36 bits per heavy atom. The van der Waals surface area contributed by atoms with Gasteiger partial charge < -0.3 is 11.5 Å². The van der Waals surface area contributed by atoms with Gasteiger partial charge in [0, 0.05) is 25.0 Å². The highest BCUT2D eigenvalue weighted by atomic mass is 16.1. The molecular formula is C10H21N3O. The highest BCUT2D eigenvalue weighted by Gasteiger charge is 2.29. The lowest BCUT2D eigenvalue weighted by molar-refractivity contribution is -0.119. The molecule has 14 heavy (non-hydrogen) atoms. The Morgan fingerprint density at radius 1 is 1.64 bits per heavy atom. The van der Waals surface area contributed by atoms with E-state index in [2.05, 4.69) is 11.8 Å². The zero-order chi connectivity index (χ0) is 10.6. The van der Waals surface area contributed by atoms with Gasteiger partial charge in [-0.15, -0.1) is 0 Å². The lowest BCUT2D eigenvalue weighted by Gasteiger charge is -2.31. The molecule has 2 unspecified atom stereocenters. The maximum absolute atomic E-state index is 10.9. The number of carbonyl (C=O) groups is 1. The molecule has 0 aromatic heterocycles. The van der Waals surface area contributed by atoms with Crippen LogP contribution in [-0.2, 0) is 4.79 Å². The van der Waals surface area contributed by atoms with E-state index >= 15 is 0 Å². The summed E-state index contributed by atoms with van der Waals surface area (Å²) in [5.74, 6) is -0.248. The van der Waals surface area contributed by atoms with Gasteiger partial charge in [-0.25, -0.2) is 0 Å². The Hall–Kier alpha value is -0.610. The third kappa shape index (κ3) is 2.69. The fourth-order valence-electron chi connectivity index (χ4n) is 2.35. The first-order valence-electron chi connectivity index (χ1n) is 5.43. The van der Waals surface area contributed by atoms with E-state index in [1.807, 2.05) is 0 Å².